The van der Waals surface area contributed by atoms with Crippen molar-refractivity contribution >= 4 is 39.1 Å². The first-order valence-corrected chi connectivity index (χ1v) is 8.39. The molecule has 0 aliphatic carbocycles. The monoisotopic (exact) mass is 361 g/mol. The maximum Gasteiger partial charge on any atom is 0.303 e. The molecule has 1 atom stereocenters. The van der Waals surface area contributed by atoms with Crippen LogP contribution in [0.5, 0.6) is 0 Å². The molecule has 6 heteroatoms. The fraction of sp³-hybridized carbons (Fsp3) is 0.571. The lowest BCUT2D eigenvalue weighted by Gasteiger charge is -2.15. The summed E-state index contributed by atoms with van der Waals surface area (Å²) in [6, 6.07) is 3.64. The van der Waals surface area contributed by atoms with Crippen molar-refractivity contribution in [3.63, 3.8) is 0 Å². The number of hydrogen-bond acceptors (Lipinski definition) is 3. The smallest absolute Gasteiger partial charge is 0.303 e. The molecule has 0 fully saturated rings. The van der Waals surface area contributed by atoms with E-state index in [4.69, 9.17) is 5.11 Å². The second kappa shape index (κ2) is 9.13. The zero-order chi connectivity index (χ0) is 15.0. The summed E-state index contributed by atoms with van der Waals surface area (Å²) in [7, 11) is 0. The van der Waals surface area contributed by atoms with Crippen LogP contribution in [0.1, 0.15) is 48.7 Å². The van der Waals surface area contributed by atoms with Crippen LogP contribution >= 0.6 is 27.3 Å². The Bertz CT molecular complexity index is 447. The Hall–Kier alpha value is -0.880. The van der Waals surface area contributed by atoms with Crippen LogP contribution in [0.25, 0.3) is 0 Å². The number of carbonyl (C=O) groups excluding carboxylic acids is 1. The van der Waals surface area contributed by atoms with Gasteiger partial charge in [0, 0.05) is 13.0 Å². The average Bonchev–Trinajstić information content (AvgIpc) is 2.82. The molecule has 0 aromatic carbocycles. The second-order valence-electron chi connectivity index (χ2n) is 4.74. The van der Waals surface area contributed by atoms with E-state index in [2.05, 4.69) is 28.2 Å². The molecule has 0 radical (unpaired) electrons. The van der Waals surface area contributed by atoms with Crippen LogP contribution in [0.3, 0.4) is 0 Å². The number of halogens is 1. The maximum atomic E-state index is 11.8. The third-order valence-electron chi connectivity index (χ3n) is 3.10. The van der Waals surface area contributed by atoms with E-state index in [1.54, 1.807) is 6.07 Å². The van der Waals surface area contributed by atoms with E-state index in [0.29, 0.717) is 23.8 Å². The van der Waals surface area contributed by atoms with Crippen molar-refractivity contribution in [2.75, 3.05) is 6.54 Å². The van der Waals surface area contributed by atoms with Gasteiger partial charge in [0.1, 0.15) is 0 Å². The Kier molecular flexibility index (Phi) is 7.84. The van der Waals surface area contributed by atoms with Crippen LogP contribution in [-0.2, 0) is 4.79 Å². The number of nitrogens with one attached hydrogen (secondary N) is 1. The lowest BCUT2D eigenvalue weighted by atomic mass is 9.94. The molecule has 0 saturated heterocycles. The molecule has 112 valence electrons. The number of rotatable bonds is 9. The summed E-state index contributed by atoms with van der Waals surface area (Å²) >= 11 is 4.74. The van der Waals surface area contributed by atoms with Crippen molar-refractivity contribution < 1.29 is 14.7 Å². The first-order valence-electron chi connectivity index (χ1n) is 6.78. The Morgan fingerprint density at radius 3 is 2.65 bits per heavy atom. The number of carboxylic acid groups (broad SMARTS) is 1. The topological polar surface area (TPSA) is 66.4 Å². The fourth-order valence-electron chi connectivity index (χ4n) is 2.08. The van der Waals surface area contributed by atoms with Crippen LogP contribution in [0.2, 0.25) is 0 Å². The SMILES string of the molecule is CCCC(CCNC(=O)c1ccc(Br)s1)CCC(=O)O. The standard InChI is InChI=1S/C14H20BrNO3S/c1-2-3-10(4-7-13(17)18)8-9-16-14(19)11-5-6-12(15)20-11/h5-6,10H,2-4,7-9H2,1H3,(H,16,19)(H,17,18). The molecule has 2 N–H and O–H groups in total. The van der Waals surface area contributed by atoms with Gasteiger partial charge in [0.15, 0.2) is 0 Å². The van der Waals surface area contributed by atoms with Gasteiger partial charge in [0.25, 0.3) is 5.91 Å². The first-order chi connectivity index (χ1) is 9.52. The molecule has 1 amide bonds. The number of carbonyl (C=O) groups is 2. The molecule has 1 aromatic heterocycles. The van der Waals surface area contributed by atoms with Crippen molar-refractivity contribution in [1.82, 2.24) is 5.32 Å². The highest BCUT2D eigenvalue weighted by atomic mass is 79.9. The Labute approximate surface area is 131 Å². The summed E-state index contributed by atoms with van der Waals surface area (Å²) < 4.78 is 0.938. The zero-order valence-electron chi connectivity index (χ0n) is 11.5. The Morgan fingerprint density at radius 1 is 1.35 bits per heavy atom. The number of aliphatic carboxylic acids is 1. The first kappa shape index (κ1) is 17.2. The van der Waals surface area contributed by atoms with Gasteiger partial charge < -0.3 is 10.4 Å². The quantitative estimate of drug-likeness (QED) is 0.700. The molecule has 1 aromatic rings. The number of amides is 1. The van der Waals surface area contributed by atoms with Crippen molar-refractivity contribution in [3.05, 3.63) is 20.8 Å². The molecular formula is C14H20BrNO3S. The van der Waals surface area contributed by atoms with Crippen LogP contribution in [0.15, 0.2) is 15.9 Å². The highest BCUT2D eigenvalue weighted by Gasteiger charge is 2.12. The summed E-state index contributed by atoms with van der Waals surface area (Å²) in [5.74, 6) is -0.445. The van der Waals surface area contributed by atoms with E-state index in [0.717, 1.165) is 23.0 Å². The highest BCUT2D eigenvalue weighted by molar-refractivity contribution is 9.11. The van der Waals surface area contributed by atoms with E-state index >= 15 is 0 Å². The number of hydrogen-bond donors (Lipinski definition) is 2. The van der Waals surface area contributed by atoms with E-state index in [1.165, 1.54) is 11.3 Å². The van der Waals surface area contributed by atoms with Gasteiger partial charge in [-0.15, -0.1) is 11.3 Å². The van der Waals surface area contributed by atoms with Gasteiger partial charge >= 0.3 is 5.97 Å². The number of carboxylic acids is 1. The van der Waals surface area contributed by atoms with Crippen molar-refractivity contribution in [1.29, 1.82) is 0 Å². The largest absolute Gasteiger partial charge is 0.481 e. The molecule has 0 saturated carbocycles. The molecule has 0 aliphatic heterocycles. The van der Waals surface area contributed by atoms with Gasteiger partial charge in [-0.2, -0.15) is 0 Å². The van der Waals surface area contributed by atoms with Crippen LogP contribution in [0, 0.1) is 5.92 Å². The second-order valence-corrected chi connectivity index (χ2v) is 7.20. The lowest BCUT2D eigenvalue weighted by molar-refractivity contribution is -0.137. The van der Waals surface area contributed by atoms with Gasteiger partial charge in [-0.3, -0.25) is 9.59 Å². The molecule has 4 nitrogen and oxygen atoms in total. The normalized spacial score (nSPS) is 12.1. The van der Waals surface area contributed by atoms with Crippen molar-refractivity contribution in [3.8, 4) is 0 Å². The third-order valence-corrected chi connectivity index (χ3v) is 4.72. The van der Waals surface area contributed by atoms with Crippen molar-refractivity contribution in [2.24, 2.45) is 5.92 Å². The van der Waals surface area contributed by atoms with E-state index in [-0.39, 0.29) is 12.3 Å². The van der Waals surface area contributed by atoms with Gasteiger partial charge in [-0.25, -0.2) is 0 Å². The molecule has 0 bridgehead atoms. The number of thiophene rings is 1. The van der Waals surface area contributed by atoms with Crippen LogP contribution in [-0.4, -0.2) is 23.5 Å². The molecule has 0 spiro atoms. The van der Waals surface area contributed by atoms with Gasteiger partial charge in [0.2, 0.25) is 0 Å². The molecule has 1 heterocycles. The average molecular weight is 362 g/mol. The summed E-state index contributed by atoms with van der Waals surface area (Å²) in [4.78, 5) is 23.1. The highest BCUT2D eigenvalue weighted by Crippen LogP contribution is 2.22. The fourth-order valence-corrected chi connectivity index (χ4v) is 3.38. The minimum atomic E-state index is -0.751. The minimum Gasteiger partial charge on any atom is -0.481 e. The van der Waals surface area contributed by atoms with Gasteiger partial charge in [0.05, 0.1) is 8.66 Å². The summed E-state index contributed by atoms with van der Waals surface area (Å²) in [5, 5.41) is 11.6. The van der Waals surface area contributed by atoms with Crippen LogP contribution in [0.4, 0.5) is 0 Å². The zero-order valence-corrected chi connectivity index (χ0v) is 13.9. The molecular weight excluding hydrogens is 342 g/mol. The summed E-state index contributed by atoms with van der Waals surface area (Å²) in [6.45, 7) is 2.69. The molecule has 20 heavy (non-hydrogen) atoms. The van der Waals surface area contributed by atoms with Gasteiger partial charge in [-0.1, -0.05) is 19.8 Å². The van der Waals surface area contributed by atoms with Gasteiger partial charge in [-0.05, 0) is 46.8 Å². The Morgan fingerprint density at radius 2 is 2.10 bits per heavy atom. The molecule has 0 aliphatic rings. The summed E-state index contributed by atoms with van der Waals surface area (Å²) in [6.07, 6.45) is 3.77. The summed E-state index contributed by atoms with van der Waals surface area (Å²) in [5.41, 5.74) is 0. The lowest BCUT2D eigenvalue weighted by Crippen LogP contribution is -2.25. The van der Waals surface area contributed by atoms with Crippen LogP contribution < -0.4 is 5.32 Å². The van der Waals surface area contributed by atoms with E-state index in [9.17, 15) is 9.59 Å². The molecule has 1 unspecified atom stereocenters. The van der Waals surface area contributed by atoms with E-state index < -0.39 is 5.97 Å². The van der Waals surface area contributed by atoms with Crippen molar-refractivity contribution in [2.45, 2.75) is 39.0 Å². The predicted molar refractivity (Wildman–Crippen MR) is 84.2 cm³/mol. The third kappa shape index (κ3) is 6.52. The Balaban J connectivity index is 2.32. The van der Waals surface area contributed by atoms with E-state index in [1.807, 2.05) is 6.07 Å². The predicted octanol–water partition coefficient (Wildman–Crippen LogP) is 3.91. The maximum absolute atomic E-state index is 11.8. The molecule has 1 rings (SSSR count). The minimum absolute atomic E-state index is 0.0609.